The summed E-state index contributed by atoms with van der Waals surface area (Å²) in [6.07, 6.45) is -8.63. The van der Waals surface area contributed by atoms with E-state index in [9.17, 15) is 8.42 Å². The molecule has 0 aliphatic heterocycles. The number of rotatable bonds is 6. The van der Waals surface area contributed by atoms with E-state index in [0.717, 1.165) is 0 Å². The highest BCUT2D eigenvalue weighted by molar-refractivity contribution is 7.86. The van der Waals surface area contributed by atoms with E-state index >= 15 is 0 Å². The molecule has 0 saturated carbocycles. The quantitative estimate of drug-likeness (QED) is 0.233. The van der Waals surface area contributed by atoms with Crippen molar-refractivity contribution in [1.82, 2.24) is 0 Å². The van der Waals surface area contributed by atoms with Crippen LogP contribution < -0.4 is 0 Å². The average molecular weight is 262 g/mol. The van der Waals surface area contributed by atoms with Gasteiger partial charge in [0, 0.05) is 0 Å². The van der Waals surface area contributed by atoms with Crippen LogP contribution >= 0.6 is 0 Å². The lowest BCUT2D eigenvalue weighted by molar-refractivity contribution is -0.129. The molecule has 0 aromatic rings. The third-order valence-electron chi connectivity index (χ3n) is 1.88. The number of aliphatic hydroxyl groups is 6. The van der Waals surface area contributed by atoms with Crippen molar-refractivity contribution in [3.63, 3.8) is 0 Å². The van der Waals surface area contributed by atoms with Gasteiger partial charge in [0.15, 0.2) is 0 Å². The summed E-state index contributed by atoms with van der Waals surface area (Å²) < 4.78 is 29.1. The van der Waals surface area contributed by atoms with Gasteiger partial charge in [-0.2, -0.15) is 8.42 Å². The van der Waals surface area contributed by atoms with Crippen molar-refractivity contribution in [2.45, 2.75) is 29.9 Å². The minimum atomic E-state index is -5.02. The van der Waals surface area contributed by atoms with E-state index in [1.165, 1.54) is 0 Å². The predicted octanol–water partition coefficient (Wildman–Crippen LogP) is -4.37. The molecular weight excluding hydrogens is 248 g/mol. The maximum absolute atomic E-state index is 10.4. The second-order valence-electron chi connectivity index (χ2n) is 3.13. The first-order chi connectivity index (χ1) is 7.12. The van der Waals surface area contributed by atoms with Crippen molar-refractivity contribution in [2.24, 2.45) is 0 Å². The molecule has 10 heteroatoms. The third-order valence-corrected chi connectivity index (χ3v) is 2.77. The second-order valence-corrected chi connectivity index (χ2v) is 4.64. The van der Waals surface area contributed by atoms with Gasteiger partial charge >= 0.3 is 0 Å². The van der Waals surface area contributed by atoms with Gasteiger partial charge in [-0.25, -0.2) is 0 Å². The Bertz CT molecular complexity index is 301. The molecule has 0 aromatic carbocycles. The van der Waals surface area contributed by atoms with Crippen molar-refractivity contribution >= 4 is 10.1 Å². The Labute approximate surface area is 91.0 Å². The second kappa shape index (κ2) is 5.84. The highest BCUT2D eigenvalue weighted by Crippen LogP contribution is 2.11. The van der Waals surface area contributed by atoms with E-state index in [4.69, 9.17) is 35.2 Å². The van der Waals surface area contributed by atoms with E-state index in [1.54, 1.807) is 0 Å². The Balaban J connectivity index is 4.67. The number of aliphatic hydroxyl groups excluding tert-OH is 6. The average Bonchev–Trinajstić information content (AvgIpc) is 2.22. The molecule has 1 unspecified atom stereocenters. The van der Waals surface area contributed by atoms with Gasteiger partial charge in [0.2, 0.25) is 5.44 Å². The van der Waals surface area contributed by atoms with Crippen LogP contribution in [0.2, 0.25) is 0 Å². The SMILES string of the molecule is O=S(=O)(O)C(O)[C@H](O)[C@@H](O)[C@H](O)[C@H](O)CO. The molecule has 0 amide bonds. The molecule has 0 spiro atoms. The van der Waals surface area contributed by atoms with Crippen LogP contribution in [-0.2, 0) is 10.1 Å². The van der Waals surface area contributed by atoms with E-state index in [1.807, 2.05) is 0 Å². The maximum atomic E-state index is 10.4. The molecule has 5 atom stereocenters. The zero-order valence-corrected chi connectivity index (χ0v) is 8.77. The van der Waals surface area contributed by atoms with Crippen LogP contribution in [0.5, 0.6) is 0 Å². The summed E-state index contributed by atoms with van der Waals surface area (Å²) in [5, 5.41) is 53.3. The Hall–Kier alpha value is -0.330. The van der Waals surface area contributed by atoms with Crippen LogP contribution in [0.4, 0.5) is 0 Å². The summed E-state index contributed by atoms with van der Waals surface area (Å²) in [6.45, 7) is -0.951. The Morgan fingerprint density at radius 2 is 1.31 bits per heavy atom. The molecule has 0 rings (SSSR count). The van der Waals surface area contributed by atoms with E-state index in [2.05, 4.69) is 0 Å². The zero-order chi connectivity index (χ0) is 13.1. The molecule has 9 nitrogen and oxygen atoms in total. The Morgan fingerprint density at radius 1 is 0.875 bits per heavy atom. The minimum absolute atomic E-state index is 0.951. The smallest absolute Gasteiger partial charge is 0.294 e. The van der Waals surface area contributed by atoms with Crippen LogP contribution in [0, 0.1) is 0 Å². The van der Waals surface area contributed by atoms with Gasteiger partial charge in [-0.3, -0.25) is 4.55 Å². The van der Waals surface area contributed by atoms with Crippen LogP contribution in [-0.4, -0.2) is 80.1 Å². The summed E-state index contributed by atoms with van der Waals surface area (Å²) in [6, 6.07) is 0. The zero-order valence-electron chi connectivity index (χ0n) is 7.95. The van der Waals surface area contributed by atoms with Gasteiger partial charge in [0.05, 0.1) is 6.61 Å². The topological polar surface area (TPSA) is 176 Å². The molecule has 98 valence electrons. The summed E-state index contributed by atoms with van der Waals surface area (Å²) >= 11 is 0. The van der Waals surface area contributed by atoms with Crippen LogP contribution in [0.3, 0.4) is 0 Å². The summed E-state index contributed by atoms with van der Waals surface area (Å²) in [4.78, 5) is 0. The lowest BCUT2D eigenvalue weighted by Gasteiger charge is -2.27. The lowest BCUT2D eigenvalue weighted by Crippen LogP contribution is -2.51. The fourth-order valence-electron chi connectivity index (χ4n) is 0.882. The fraction of sp³-hybridized carbons (Fsp3) is 1.00. The van der Waals surface area contributed by atoms with E-state index in [-0.39, 0.29) is 0 Å². The molecule has 0 fully saturated rings. The number of hydrogen-bond acceptors (Lipinski definition) is 8. The van der Waals surface area contributed by atoms with Gasteiger partial charge in [0.25, 0.3) is 10.1 Å². The van der Waals surface area contributed by atoms with Crippen LogP contribution in [0.1, 0.15) is 0 Å². The molecule has 0 saturated heterocycles. The van der Waals surface area contributed by atoms with Gasteiger partial charge in [-0.15, -0.1) is 0 Å². The molecule has 0 radical (unpaired) electrons. The van der Waals surface area contributed by atoms with Crippen molar-refractivity contribution in [2.75, 3.05) is 6.61 Å². The molecule has 16 heavy (non-hydrogen) atoms. The van der Waals surface area contributed by atoms with E-state index in [0.29, 0.717) is 0 Å². The Kier molecular flexibility index (Phi) is 5.72. The first-order valence-corrected chi connectivity index (χ1v) is 5.60. The van der Waals surface area contributed by atoms with Crippen LogP contribution in [0.25, 0.3) is 0 Å². The van der Waals surface area contributed by atoms with Gasteiger partial charge < -0.3 is 30.6 Å². The van der Waals surface area contributed by atoms with Gasteiger partial charge in [-0.1, -0.05) is 0 Å². The molecule has 0 aliphatic carbocycles. The highest BCUT2D eigenvalue weighted by Gasteiger charge is 2.39. The van der Waals surface area contributed by atoms with Crippen molar-refractivity contribution < 1.29 is 43.6 Å². The molecule has 0 bridgehead atoms. The highest BCUT2D eigenvalue weighted by atomic mass is 32.2. The van der Waals surface area contributed by atoms with Crippen molar-refractivity contribution in [1.29, 1.82) is 0 Å². The summed E-state index contributed by atoms with van der Waals surface area (Å²) in [5.74, 6) is 0. The standard InChI is InChI=1S/C6H14O9S/c7-1-2(8)3(9)4(10)5(11)6(12)16(13,14)15/h2-12H,1H2,(H,13,14,15)/t2-,3-,4+,5-,6?/m1/s1. The van der Waals surface area contributed by atoms with Gasteiger partial charge in [-0.05, 0) is 0 Å². The molecule has 0 aromatic heterocycles. The monoisotopic (exact) mass is 262 g/mol. The lowest BCUT2D eigenvalue weighted by atomic mass is 10.0. The summed E-state index contributed by atoms with van der Waals surface area (Å²) in [5.41, 5.74) is -2.73. The number of hydrogen-bond donors (Lipinski definition) is 7. The molecule has 7 N–H and O–H groups in total. The van der Waals surface area contributed by atoms with Gasteiger partial charge in [0.1, 0.15) is 24.4 Å². The van der Waals surface area contributed by atoms with Crippen LogP contribution in [0.15, 0.2) is 0 Å². The first-order valence-electron chi connectivity index (χ1n) is 4.10. The van der Waals surface area contributed by atoms with E-state index < -0.39 is 46.6 Å². The Morgan fingerprint density at radius 3 is 1.62 bits per heavy atom. The van der Waals surface area contributed by atoms with Crippen molar-refractivity contribution in [3.8, 4) is 0 Å². The normalized spacial score (nSPS) is 22.2. The molecule has 0 heterocycles. The maximum Gasteiger partial charge on any atom is 0.294 e. The first kappa shape index (κ1) is 15.7. The summed E-state index contributed by atoms with van der Waals surface area (Å²) in [7, 11) is -5.02. The predicted molar refractivity (Wildman–Crippen MR) is 48.7 cm³/mol. The third kappa shape index (κ3) is 3.92. The fourth-order valence-corrected chi connectivity index (χ4v) is 1.40. The van der Waals surface area contributed by atoms with Crippen molar-refractivity contribution in [3.05, 3.63) is 0 Å². The molecule has 0 aliphatic rings. The largest absolute Gasteiger partial charge is 0.394 e. The molecular formula is C6H14O9S. The minimum Gasteiger partial charge on any atom is -0.394 e.